The van der Waals surface area contributed by atoms with Crippen LogP contribution in [0.4, 0.5) is 4.39 Å². The molecular weight excluding hydrogens is 445 g/mol. The number of hydrazone groups is 1. The van der Waals surface area contributed by atoms with E-state index in [1.54, 1.807) is 24.1 Å². The zero-order valence-electron chi connectivity index (χ0n) is 20.1. The van der Waals surface area contributed by atoms with Gasteiger partial charge in [0.25, 0.3) is 0 Å². The number of fused-ring (bicyclic) bond motifs is 3. The second kappa shape index (κ2) is 8.46. The number of aliphatic hydroxyl groups is 1. The lowest BCUT2D eigenvalue weighted by Crippen LogP contribution is -2.39. The van der Waals surface area contributed by atoms with Gasteiger partial charge in [0, 0.05) is 57.6 Å². The van der Waals surface area contributed by atoms with Crippen LogP contribution in [-0.4, -0.2) is 84.9 Å². The molecule has 2 N–H and O–H groups in total. The predicted octanol–water partition coefficient (Wildman–Crippen LogP) is 2.03. The molecule has 3 heterocycles. The first kappa shape index (κ1) is 22.2. The van der Waals surface area contributed by atoms with E-state index in [-0.39, 0.29) is 18.3 Å². The lowest BCUT2D eigenvalue weighted by atomic mass is 9.88. The zero-order chi connectivity index (χ0) is 24.3. The lowest BCUT2D eigenvalue weighted by molar-refractivity contribution is -0.131. The average Bonchev–Trinajstić information content (AvgIpc) is 3.47. The van der Waals surface area contributed by atoms with Crippen molar-refractivity contribution in [2.24, 2.45) is 16.9 Å². The number of rotatable bonds is 5. The Balaban J connectivity index is 1.28. The lowest BCUT2D eigenvalue weighted by Gasteiger charge is -2.29. The second-order valence-electron chi connectivity index (χ2n) is 10.2. The summed E-state index contributed by atoms with van der Waals surface area (Å²) in [4.78, 5) is 18.4. The maximum absolute atomic E-state index is 14.5. The highest BCUT2D eigenvalue weighted by Crippen LogP contribution is 2.44. The number of amides is 1. The van der Waals surface area contributed by atoms with Gasteiger partial charge in [-0.1, -0.05) is 12.2 Å². The van der Waals surface area contributed by atoms with Crippen molar-refractivity contribution < 1.29 is 14.3 Å². The Kier molecular flexibility index (Phi) is 5.38. The molecule has 2 atom stereocenters. The van der Waals surface area contributed by atoms with Crippen molar-refractivity contribution in [3.8, 4) is 0 Å². The molecule has 3 aliphatic heterocycles. The van der Waals surface area contributed by atoms with Gasteiger partial charge >= 0.3 is 0 Å². The molecule has 5 aliphatic rings. The first-order valence-corrected chi connectivity index (χ1v) is 12.2. The van der Waals surface area contributed by atoms with E-state index in [4.69, 9.17) is 5.11 Å². The molecule has 1 saturated heterocycles. The molecule has 0 bridgehead atoms. The summed E-state index contributed by atoms with van der Waals surface area (Å²) in [6, 6.07) is 3.19. The third-order valence-corrected chi connectivity index (χ3v) is 7.79. The van der Waals surface area contributed by atoms with Crippen molar-refractivity contribution >= 4 is 23.3 Å². The number of halogens is 1. The molecule has 0 saturated carbocycles. The van der Waals surface area contributed by atoms with Crippen LogP contribution in [0.1, 0.15) is 23.1 Å². The topological polar surface area (TPSA) is 71.4 Å². The van der Waals surface area contributed by atoms with Crippen molar-refractivity contribution in [1.29, 1.82) is 0 Å². The molecular formula is C27H30FN5O2. The van der Waals surface area contributed by atoms with E-state index in [9.17, 15) is 9.18 Å². The molecule has 8 heteroatoms. The van der Waals surface area contributed by atoms with Gasteiger partial charge in [0.2, 0.25) is 5.91 Å². The Morgan fingerprint density at radius 2 is 2.17 bits per heavy atom. The van der Waals surface area contributed by atoms with Gasteiger partial charge in [-0.15, -0.1) is 0 Å². The monoisotopic (exact) mass is 475 g/mol. The third-order valence-electron chi connectivity index (χ3n) is 7.79. The van der Waals surface area contributed by atoms with E-state index in [1.165, 1.54) is 11.1 Å². The minimum Gasteiger partial charge on any atom is -0.395 e. The Bertz CT molecular complexity index is 1260. The van der Waals surface area contributed by atoms with Gasteiger partial charge in [-0.25, -0.2) is 4.39 Å². The van der Waals surface area contributed by atoms with Crippen molar-refractivity contribution in [2.75, 3.05) is 53.4 Å². The maximum atomic E-state index is 14.5. The molecule has 6 rings (SSSR count). The second-order valence-corrected chi connectivity index (χ2v) is 10.2. The summed E-state index contributed by atoms with van der Waals surface area (Å²) in [5, 5.41) is 13.8. The van der Waals surface area contributed by atoms with Crippen LogP contribution in [0.5, 0.6) is 0 Å². The van der Waals surface area contributed by atoms with E-state index >= 15 is 0 Å². The molecule has 0 aromatic heterocycles. The van der Waals surface area contributed by atoms with Gasteiger partial charge in [0.15, 0.2) is 0 Å². The minimum absolute atomic E-state index is 0.0177. The molecule has 2 aliphatic carbocycles. The number of benzene rings is 1. The summed E-state index contributed by atoms with van der Waals surface area (Å²) in [6.07, 6.45) is 9.29. The van der Waals surface area contributed by atoms with Gasteiger partial charge in [-0.05, 0) is 58.7 Å². The number of carbonyl (C=O) groups excluding carboxylic acids is 1. The van der Waals surface area contributed by atoms with Gasteiger partial charge in [0.1, 0.15) is 5.82 Å². The highest BCUT2D eigenvalue weighted by Gasteiger charge is 2.39. The Labute approximate surface area is 204 Å². The highest BCUT2D eigenvalue weighted by atomic mass is 19.1. The number of carbonyl (C=O) groups is 1. The molecule has 2 unspecified atom stereocenters. The van der Waals surface area contributed by atoms with Crippen molar-refractivity contribution in [2.45, 2.75) is 6.42 Å². The van der Waals surface area contributed by atoms with E-state index in [0.29, 0.717) is 24.9 Å². The summed E-state index contributed by atoms with van der Waals surface area (Å²) in [5.74, 6) is 0.706. The van der Waals surface area contributed by atoms with Crippen LogP contribution >= 0.6 is 0 Å². The summed E-state index contributed by atoms with van der Waals surface area (Å²) in [5.41, 5.74) is 11.4. The van der Waals surface area contributed by atoms with Crippen LogP contribution in [0.15, 0.2) is 52.4 Å². The number of likely N-dealkylation sites (tertiary alicyclic amines) is 1. The first-order valence-electron chi connectivity index (χ1n) is 12.2. The summed E-state index contributed by atoms with van der Waals surface area (Å²) >= 11 is 0. The third kappa shape index (κ3) is 3.81. The predicted molar refractivity (Wildman–Crippen MR) is 134 cm³/mol. The normalized spacial score (nSPS) is 24.3. The Morgan fingerprint density at radius 3 is 2.97 bits per heavy atom. The molecule has 1 fully saturated rings. The molecule has 182 valence electrons. The highest BCUT2D eigenvalue weighted by molar-refractivity contribution is 6.20. The van der Waals surface area contributed by atoms with Crippen LogP contribution in [0.2, 0.25) is 0 Å². The first-order chi connectivity index (χ1) is 16.9. The Hall–Kier alpha value is -3.23. The van der Waals surface area contributed by atoms with E-state index in [0.717, 1.165) is 59.7 Å². The number of hydrogen-bond donors (Lipinski definition) is 2. The van der Waals surface area contributed by atoms with Gasteiger partial charge < -0.3 is 14.9 Å². The average molecular weight is 476 g/mol. The van der Waals surface area contributed by atoms with Gasteiger partial charge in [0.05, 0.1) is 24.6 Å². The fraction of sp³-hybridized carbons (Fsp3) is 0.407. The number of nitrogens with one attached hydrogen (secondary N) is 1. The summed E-state index contributed by atoms with van der Waals surface area (Å²) in [6.45, 7) is 3.27. The largest absolute Gasteiger partial charge is 0.395 e. The SMILES string of the molecule is CN1C=C2C(=C(C3=CC4CN(CC(=O)N(C)CCO)CC4C3)C1)NN=C1C=Cc3cc(F)cc2c31. The zero-order valence-corrected chi connectivity index (χ0v) is 20.1. The molecule has 7 nitrogen and oxygen atoms in total. The summed E-state index contributed by atoms with van der Waals surface area (Å²) < 4.78 is 14.5. The van der Waals surface area contributed by atoms with Crippen LogP contribution in [0.3, 0.4) is 0 Å². The van der Waals surface area contributed by atoms with Crippen molar-refractivity contribution in [3.63, 3.8) is 0 Å². The molecule has 0 spiro atoms. The molecule has 1 aromatic carbocycles. The fourth-order valence-electron chi connectivity index (χ4n) is 6.08. The smallest absolute Gasteiger partial charge is 0.236 e. The van der Waals surface area contributed by atoms with E-state index < -0.39 is 0 Å². The quantitative estimate of drug-likeness (QED) is 0.682. The Morgan fingerprint density at radius 1 is 1.31 bits per heavy atom. The summed E-state index contributed by atoms with van der Waals surface area (Å²) in [7, 11) is 3.79. The molecule has 1 aromatic rings. The van der Waals surface area contributed by atoms with Gasteiger partial charge in [-0.2, -0.15) is 5.10 Å². The number of hydrogen-bond acceptors (Lipinski definition) is 6. The van der Waals surface area contributed by atoms with Crippen molar-refractivity contribution in [1.82, 2.24) is 20.1 Å². The number of allylic oxidation sites excluding steroid dienone is 2. The van der Waals surface area contributed by atoms with Gasteiger partial charge in [-0.3, -0.25) is 15.1 Å². The standard InChI is InChI=1S/C27H30FN5O2/c1-31-13-22(17-7-18-11-33(12-19(18)8-17)15-25(35)32(2)5-6-34)27-23(14-31)21-10-20(28)9-16-3-4-24(26(16)21)29-30-27/h3-4,7,9-10,14,18-19,30,34H,5-6,8,11-13,15H2,1-2H3. The fourth-order valence-corrected chi connectivity index (χ4v) is 6.08. The van der Waals surface area contributed by atoms with E-state index in [1.807, 2.05) is 12.2 Å². The molecule has 35 heavy (non-hydrogen) atoms. The van der Waals surface area contributed by atoms with Crippen LogP contribution < -0.4 is 5.43 Å². The minimum atomic E-state index is -0.240. The van der Waals surface area contributed by atoms with Crippen LogP contribution in [0, 0.1) is 17.7 Å². The number of likely N-dealkylation sites (N-methyl/N-ethyl adjacent to an activating group) is 2. The van der Waals surface area contributed by atoms with E-state index in [2.05, 4.69) is 39.7 Å². The van der Waals surface area contributed by atoms with Crippen LogP contribution in [0.25, 0.3) is 11.6 Å². The molecule has 1 amide bonds. The number of aliphatic hydroxyl groups excluding tert-OH is 1. The number of nitrogens with zero attached hydrogens (tertiary/aromatic N) is 4. The van der Waals surface area contributed by atoms with Crippen molar-refractivity contribution in [3.05, 3.63) is 69.8 Å². The maximum Gasteiger partial charge on any atom is 0.236 e. The van der Waals surface area contributed by atoms with Crippen LogP contribution in [-0.2, 0) is 4.79 Å². The molecule has 0 radical (unpaired) electrons.